The predicted molar refractivity (Wildman–Crippen MR) is 86.6 cm³/mol. The molecule has 0 fully saturated rings. The van der Waals surface area contributed by atoms with Crippen LogP contribution in [0.3, 0.4) is 0 Å². The first-order chi connectivity index (χ1) is 9.80. The highest BCUT2D eigenvalue weighted by Gasteiger charge is 2.23. The molecule has 0 bridgehead atoms. The lowest BCUT2D eigenvalue weighted by Crippen LogP contribution is -2.43. The van der Waals surface area contributed by atoms with Crippen molar-refractivity contribution in [2.45, 2.75) is 53.0 Å². The summed E-state index contributed by atoms with van der Waals surface area (Å²) in [4.78, 5) is 23.7. The van der Waals surface area contributed by atoms with Crippen LogP contribution in [-0.4, -0.2) is 43.3 Å². The van der Waals surface area contributed by atoms with Crippen molar-refractivity contribution in [3.05, 3.63) is 0 Å². The molecule has 0 aliphatic heterocycles. The van der Waals surface area contributed by atoms with E-state index in [2.05, 4.69) is 5.32 Å². The fourth-order valence-electron chi connectivity index (χ4n) is 1.37. The van der Waals surface area contributed by atoms with Crippen LogP contribution in [-0.2, 0) is 14.3 Å². The number of nitrogens with one attached hydrogen (secondary N) is 1. The molecule has 1 atom stereocenters. The quantitative estimate of drug-likeness (QED) is 0.522. The van der Waals surface area contributed by atoms with Crippen molar-refractivity contribution < 1.29 is 19.1 Å². The van der Waals surface area contributed by atoms with Gasteiger partial charge < -0.3 is 14.8 Å². The number of carbonyl (C=O) groups excluding carboxylic acids is 2. The number of hydrogen-bond acceptors (Lipinski definition) is 5. The molecule has 1 N–H and O–H groups in total. The molecule has 6 heteroatoms. The number of alkyl carbamates (subject to hydrolysis) is 1. The zero-order valence-corrected chi connectivity index (χ0v) is 14.7. The number of esters is 1. The fourth-order valence-corrected chi connectivity index (χ4v) is 1.84. The molecule has 0 aliphatic carbocycles. The normalized spacial score (nSPS) is 12.6. The predicted octanol–water partition coefficient (Wildman–Crippen LogP) is 3.22. The van der Waals surface area contributed by atoms with E-state index in [1.54, 1.807) is 11.8 Å². The first-order valence-corrected chi connectivity index (χ1v) is 8.78. The molecule has 0 spiro atoms. The minimum absolute atomic E-state index is 0.103. The van der Waals surface area contributed by atoms with Gasteiger partial charge in [-0.2, -0.15) is 11.8 Å². The lowest BCUT2D eigenvalue weighted by molar-refractivity contribution is -0.146. The first-order valence-electron chi connectivity index (χ1n) is 7.39. The van der Waals surface area contributed by atoms with E-state index in [4.69, 9.17) is 9.47 Å². The van der Waals surface area contributed by atoms with Crippen molar-refractivity contribution in [3.63, 3.8) is 0 Å². The number of thioether (sulfide) groups is 1. The summed E-state index contributed by atoms with van der Waals surface area (Å²) in [5.41, 5.74) is -0.103. The van der Waals surface area contributed by atoms with Gasteiger partial charge in [0.2, 0.25) is 0 Å². The van der Waals surface area contributed by atoms with E-state index in [0.717, 1.165) is 18.6 Å². The van der Waals surface area contributed by atoms with Crippen LogP contribution in [0.2, 0.25) is 0 Å². The third kappa shape index (κ3) is 11.4. The Hall–Kier alpha value is -0.910. The molecule has 0 rings (SSSR count). The Kier molecular flexibility index (Phi) is 10.3. The van der Waals surface area contributed by atoms with E-state index >= 15 is 0 Å². The Labute approximate surface area is 132 Å². The second kappa shape index (κ2) is 10.8. The number of unbranched alkanes of at least 4 members (excludes halogenated alkanes) is 1. The summed E-state index contributed by atoms with van der Waals surface area (Å²) in [7, 11) is 0. The maximum absolute atomic E-state index is 12.0. The maximum atomic E-state index is 12.0. The molecule has 0 aromatic heterocycles. The van der Waals surface area contributed by atoms with Gasteiger partial charge in [-0.3, -0.25) is 0 Å². The molecule has 0 aromatic carbocycles. The number of amides is 1. The monoisotopic (exact) mass is 319 g/mol. The molecule has 0 aliphatic rings. The SMILES string of the molecule is CCCCOC(=O)C(CCSC)NC(=O)OCC(C)(C)C. The van der Waals surface area contributed by atoms with Gasteiger partial charge in [-0.1, -0.05) is 34.1 Å². The minimum atomic E-state index is -0.637. The molecule has 21 heavy (non-hydrogen) atoms. The summed E-state index contributed by atoms with van der Waals surface area (Å²) >= 11 is 1.62. The molecule has 0 saturated carbocycles. The van der Waals surface area contributed by atoms with Crippen LogP contribution in [0.25, 0.3) is 0 Å². The van der Waals surface area contributed by atoms with Crippen molar-refractivity contribution in [1.82, 2.24) is 5.32 Å². The van der Waals surface area contributed by atoms with E-state index in [1.165, 1.54) is 0 Å². The Morgan fingerprint density at radius 2 is 1.90 bits per heavy atom. The third-order valence-corrected chi connectivity index (χ3v) is 3.21. The van der Waals surface area contributed by atoms with Gasteiger partial charge in [0, 0.05) is 0 Å². The van der Waals surface area contributed by atoms with Gasteiger partial charge in [0.1, 0.15) is 6.04 Å². The summed E-state index contributed by atoms with van der Waals surface area (Å²) in [6.45, 7) is 8.66. The summed E-state index contributed by atoms with van der Waals surface area (Å²) in [5, 5.41) is 2.60. The topological polar surface area (TPSA) is 64.6 Å². The number of ether oxygens (including phenoxy) is 2. The Morgan fingerprint density at radius 1 is 1.24 bits per heavy atom. The highest BCUT2D eigenvalue weighted by atomic mass is 32.2. The first kappa shape index (κ1) is 20.1. The van der Waals surface area contributed by atoms with Gasteiger partial charge in [0.25, 0.3) is 0 Å². The van der Waals surface area contributed by atoms with E-state index in [0.29, 0.717) is 19.6 Å². The van der Waals surface area contributed by atoms with Crippen LogP contribution in [0.5, 0.6) is 0 Å². The Bertz CT molecular complexity index is 315. The lowest BCUT2D eigenvalue weighted by atomic mass is 9.99. The van der Waals surface area contributed by atoms with E-state index in [9.17, 15) is 9.59 Å². The van der Waals surface area contributed by atoms with E-state index in [1.807, 2.05) is 34.0 Å². The third-order valence-electron chi connectivity index (χ3n) is 2.57. The van der Waals surface area contributed by atoms with Crippen LogP contribution in [0.15, 0.2) is 0 Å². The van der Waals surface area contributed by atoms with E-state index in [-0.39, 0.29) is 11.4 Å². The van der Waals surface area contributed by atoms with Gasteiger partial charge in [0.05, 0.1) is 13.2 Å². The number of hydrogen-bond donors (Lipinski definition) is 1. The van der Waals surface area contributed by atoms with Gasteiger partial charge in [0.15, 0.2) is 0 Å². The molecular formula is C15H29NO4S. The zero-order chi connectivity index (χ0) is 16.3. The zero-order valence-electron chi connectivity index (χ0n) is 13.9. The van der Waals surface area contributed by atoms with Crippen molar-refractivity contribution >= 4 is 23.8 Å². The Morgan fingerprint density at radius 3 is 2.43 bits per heavy atom. The largest absolute Gasteiger partial charge is 0.464 e. The van der Waals surface area contributed by atoms with Gasteiger partial charge in [-0.15, -0.1) is 0 Å². The second-order valence-corrected chi connectivity index (χ2v) is 7.12. The molecule has 0 saturated heterocycles. The van der Waals surface area contributed by atoms with Crippen molar-refractivity contribution in [2.24, 2.45) is 5.41 Å². The highest BCUT2D eigenvalue weighted by Crippen LogP contribution is 2.13. The van der Waals surface area contributed by atoms with Crippen molar-refractivity contribution in [2.75, 3.05) is 25.2 Å². The van der Waals surface area contributed by atoms with E-state index < -0.39 is 12.1 Å². The highest BCUT2D eigenvalue weighted by molar-refractivity contribution is 7.98. The van der Waals surface area contributed by atoms with Gasteiger partial charge >= 0.3 is 12.1 Å². The van der Waals surface area contributed by atoms with Crippen molar-refractivity contribution in [3.8, 4) is 0 Å². The summed E-state index contributed by atoms with van der Waals surface area (Å²) in [6, 6.07) is -0.637. The molecule has 0 radical (unpaired) electrons. The summed E-state index contributed by atoms with van der Waals surface area (Å²) < 4.78 is 10.3. The molecule has 5 nitrogen and oxygen atoms in total. The summed E-state index contributed by atoms with van der Waals surface area (Å²) in [6.07, 6.45) is 3.72. The average molecular weight is 319 g/mol. The Balaban J connectivity index is 4.33. The molecule has 1 amide bonds. The van der Waals surface area contributed by atoms with Crippen LogP contribution in [0.4, 0.5) is 4.79 Å². The second-order valence-electron chi connectivity index (χ2n) is 6.14. The van der Waals surface area contributed by atoms with Crippen molar-refractivity contribution in [1.29, 1.82) is 0 Å². The van der Waals surface area contributed by atoms with Gasteiger partial charge in [-0.25, -0.2) is 9.59 Å². The number of rotatable bonds is 9. The molecular weight excluding hydrogens is 290 g/mol. The molecule has 0 heterocycles. The molecule has 124 valence electrons. The maximum Gasteiger partial charge on any atom is 0.407 e. The summed E-state index contributed by atoms with van der Waals surface area (Å²) in [5.74, 6) is 0.387. The van der Waals surface area contributed by atoms with Crippen LogP contribution >= 0.6 is 11.8 Å². The molecule has 1 unspecified atom stereocenters. The number of carbonyl (C=O) groups is 2. The van der Waals surface area contributed by atoms with Crippen LogP contribution in [0, 0.1) is 5.41 Å². The lowest BCUT2D eigenvalue weighted by Gasteiger charge is -2.20. The minimum Gasteiger partial charge on any atom is -0.464 e. The van der Waals surface area contributed by atoms with Crippen LogP contribution in [0.1, 0.15) is 47.0 Å². The standard InChI is InChI=1S/C15H29NO4S/c1-6-7-9-19-13(17)12(8-10-21-5)16-14(18)20-11-15(2,3)4/h12H,6-11H2,1-5H3,(H,16,18). The fraction of sp³-hybridized carbons (Fsp3) is 0.867. The van der Waals surface area contributed by atoms with Gasteiger partial charge in [-0.05, 0) is 30.3 Å². The molecule has 0 aromatic rings. The van der Waals surface area contributed by atoms with Crippen LogP contribution < -0.4 is 5.32 Å². The average Bonchev–Trinajstić information content (AvgIpc) is 2.40. The smallest absolute Gasteiger partial charge is 0.407 e.